The molecule has 4 heteroatoms. The zero-order valence-electron chi connectivity index (χ0n) is 23.1. The number of hydrogen-bond donors (Lipinski definition) is 0. The van der Waals surface area contributed by atoms with Gasteiger partial charge >= 0.3 is 0 Å². The fourth-order valence-corrected chi connectivity index (χ4v) is 9.10. The van der Waals surface area contributed by atoms with Crippen molar-refractivity contribution in [3.05, 3.63) is 68.6 Å². The first-order valence-electron chi connectivity index (χ1n) is 14.6. The van der Waals surface area contributed by atoms with Gasteiger partial charge in [-0.05, 0) is 102 Å². The van der Waals surface area contributed by atoms with Crippen molar-refractivity contribution in [2.24, 2.45) is 0 Å². The second kappa shape index (κ2) is 13.1. The van der Waals surface area contributed by atoms with Gasteiger partial charge in [-0.15, -0.1) is 22.7 Å². The quantitative estimate of drug-likeness (QED) is 0.0880. The van der Waals surface area contributed by atoms with Crippen LogP contribution in [0.5, 0.6) is 0 Å². The molecular weight excluding hydrogens is 613 g/mol. The van der Waals surface area contributed by atoms with Crippen LogP contribution in [0.1, 0.15) is 83.3 Å². The molecule has 3 aromatic heterocycles. The summed E-state index contributed by atoms with van der Waals surface area (Å²) >= 11 is 6.60. The Labute approximate surface area is 250 Å². The highest BCUT2D eigenvalue weighted by molar-refractivity contribution is 14.1. The zero-order valence-corrected chi connectivity index (χ0v) is 26.9. The van der Waals surface area contributed by atoms with Crippen LogP contribution in [0.3, 0.4) is 0 Å². The molecule has 0 aliphatic heterocycles. The molecule has 0 N–H and O–H groups in total. The highest BCUT2D eigenvalue weighted by Gasteiger charge is 2.18. The summed E-state index contributed by atoms with van der Waals surface area (Å²) in [6.07, 6.45) is 13.0. The molecule has 2 aromatic carbocycles. The van der Waals surface area contributed by atoms with E-state index in [4.69, 9.17) is 0 Å². The zero-order chi connectivity index (χ0) is 26.5. The predicted molar refractivity (Wildman–Crippen MR) is 180 cm³/mol. The molecule has 38 heavy (non-hydrogen) atoms. The minimum atomic E-state index is 0.992. The minimum Gasteiger partial charge on any atom is -0.341 e. The van der Waals surface area contributed by atoms with Crippen LogP contribution in [-0.2, 0) is 19.4 Å². The van der Waals surface area contributed by atoms with Crippen molar-refractivity contribution in [1.29, 1.82) is 0 Å². The summed E-state index contributed by atoms with van der Waals surface area (Å²) in [6, 6.07) is 21.0. The van der Waals surface area contributed by atoms with Crippen LogP contribution in [0.15, 0.2) is 54.6 Å². The Morgan fingerprint density at radius 2 is 1.34 bits per heavy atom. The van der Waals surface area contributed by atoms with Crippen molar-refractivity contribution in [2.75, 3.05) is 0 Å². The van der Waals surface area contributed by atoms with Gasteiger partial charge in [0, 0.05) is 43.0 Å². The van der Waals surface area contributed by atoms with Crippen molar-refractivity contribution in [1.82, 2.24) is 4.57 Å². The summed E-state index contributed by atoms with van der Waals surface area (Å²) in [4.78, 5) is 4.40. The monoisotopic (exact) mass is 653 g/mol. The molecule has 1 nitrogen and oxygen atoms in total. The summed E-state index contributed by atoms with van der Waals surface area (Å²) in [6.45, 7) is 7.83. The molecule has 5 aromatic rings. The molecule has 5 rings (SSSR count). The molecule has 0 amide bonds. The predicted octanol–water partition coefficient (Wildman–Crippen LogP) is 12.1. The average Bonchev–Trinajstić information content (AvgIpc) is 3.62. The van der Waals surface area contributed by atoms with Gasteiger partial charge in [0.1, 0.15) is 0 Å². The maximum absolute atomic E-state index is 2.58. The molecule has 0 saturated carbocycles. The Morgan fingerprint density at radius 3 is 2.08 bits per heavy atom. The summed E-state index contributed by atoms with van der Waals surface area (Å²) in [5.41, 5.74) is 7.14. The molecule has 0 fully saturated rings. The third-order valence-corrected chi connectivity index (χ3v) is 11.5. The van der Waals surface area contributed by atoms with E-state index in [0.29, 0.717) is 0 Å². The standard InChI is InChI=1S/C34H40INS2/c1-4-7-9-11-15-25-22-31(37-33(25)32-23-26(34(35)38-32)16-12-10-8-5-2)24-19-20-30-28(21-24)27-17-13-14-18-29(27)36(30)6-3/h13-14,17-23H,4-12,15-16H2,1-3H3. The van der Waals surface area contributed by atoms with Crippen molar-refractivity contribution in [2.45, 2.75) is 91.5 Å². The lowest BCUT2D eigenvalue weighted by atomic mass is 10.0. The molecule has 0 radical (unpaired) electrons. The third-order valence-electron chi connectivity index (χ3n) is 7.76. The Hall–Kier alpha value is -1.63. The lowest BCUT2D eigenvalue weighted by molar-refractivity contribution is 0.667. The van der Waals surface area contributed by atoms with E-state index in [1.165, 1.54) is 109 Å². The van der Waals surface area contributed by atoms with Gasteiger partial charge in [0.2, 0.25) is 0 Å². The second-order valence-corrected chi connectivity index (χ2v) is 14.4. The van der Waals surface area contributed by atoms with Crippen molar-refractivity contribution < 1.29 is 0 Å². The Morgan fingerprint density at radius 1 is 0.658 bits per heavy atom. The molecule has 0 bridgehead atoms. The van der Waals surface area contributed by atoms with E-state index in [1.807, 2.05) is 22.7 Å². The number of nitrogens with zero attached hydrogens (tertiary/aromatic N) is 1. The number of aromatic nitrogens is 1. The van der Waals surface area contributed by atoms with Crippen LogP contribution < -0.4 is 0 Å². The van der Waals surface area contributed by atoms with Crippen LogP contribution in [0, 0.1) is 2.88 Å². The number of hydrogen-bond acceptors (Lipinski definition) is 2. The number of fused-ring (bicyclic) bond motifs is 3. The average molecular weight is 654 g/mol. The Bertz CT molecular complexity index is 1500. The van der Waals surface area contributed by atoms with Crippen molar-refractivity contribution in [3.8, 4) is 20.2 Å². The Balaban J connectivity index is 1.51. The first-order chi connectivity index (χ1) is 18.6. The summed E-state index contributed by atoms with van der Waals surface area (Å²) in [7, 11) is 0. The van der Waals surface area contributed by atoms with Gasteiger partial charge in [-0.1, -0.05) is 76.6 Å². The molecule has 3 heterocycles. The number of benzene rings is 2. The maximum Gasteiger partial charge on any atom is 0.0692 e. The third kappa shape index (κ3) is 5.93. The fourth-order valence-electron chi connectivity index (χ4n) is 5.69. The number of halogens is 1. The van der Waals surface area contributed by atoms with Gasteiger partial charge in [-0.3, -0.25) is 0 Å². The van der Waals surface area contributed by atoms with Gasteiger partial charge in [0.05, 0.1) is 2.88 Å². The summed E-state index contributed by atoms with van der Waals surface area (Å²) < 4.78 is 3.93. The second-order valence-electron chi connectivity index (χ2n) is 10.5. The van der Waals surface area contributed by atoms with E-state index in [1.54, 1.807) is 11.1 Å². The molecule has 0 atom stereocenters. The maximum atomic E-state index is 2.58. The summed E-state index contributed by atoms with van der Waals surface area (Å²) in [5.74, 6) is 0. The van der Waals surface area contributed by atoms with Gasteiger partial charge in [0.15, 0.2) is 0 Å². The van der Waals surface area contributed by atoms with Gasteiger partial charge in [0.25, 0.3) is 0 Å². The Kier molecular flexibility index (Phi) is 9.66. The van der Waals surface area contributed by atoms with E-state index in [2.05, 4.69) is 103 Å². The first-order valence-corrected chi connectivity index (χ1v) is 17.3. The molecule has 200 valence electrons. The van der Waals surface area contributed by atoms with E-state index >= 15 is 0 Å². The van der Waals surface area contributed by atoms with Crippen LogP contribution in [0.4, 0.5) is 0 Å². The van der Waals surface area contributed by atoms with Crippen LogP contribution in [-0.4, -0.2) is 4.57 Å². The van der Waals surface area contributed by atoms with E-state index in [0.717, 1.165) is 6.54 Å². The van der Waals surface area contributed by atoms with Gasteiger partial charge in [-0.2, -0.15) is 0 Å². The molecule has 0 saturated heterocycles. The topological polar surface area (TPSA) is 4.93 Å². The largest absolute Gasteiger partial charge is 0.341 e. The van der Waals surface area contributed by atoms with Gasteiger partial charge < -0.3 is 4.57 Å². The molecule has 0 unspecified atom stereocenters. The number of thiophene rings is 2. The van der Waals surface area contributed by atoms with E-state index in [9.17, 15) is 0 Å². The number of rotatable bonds is 13. The van der Waals surface area contributed by atoms with Crippen LogP contribution >= 0.6 is 45.3 Å². The molecule has 0 aliphatic rings. The van der Waals surface area contributed by atoms with Crippen LogP contribution in [0.25, 0.3) is 42.0 Å². The smallest absolute Gasteiger partial charge is 0.0692 e. The van der Waals surface area contributed by atoms with Crippen LogP contribution in [0.2, 0.25) is 0 Å². The van der Waals surface area contributed by atoms with E-state index < -0.39 is 0 Å². The number of unbranched alkanes of at least 4 members (excludes halogenated alkanes) is 6. The lowest BCUT2D eigenvalue weighted by Gasteiger charge is -2.03. The lowest BCUT2D eigenvalue weighted by Crippen LogP contribution is -1.92. The van der Waals surface area contributed by atoms with E-state index in [-0.39, 0.29) is 0 Å². The normalized spacial score (nSPS) is 11.8. The van der Waals surface area contributed by atoms with Gasteiger partial charge in [-0.25, -0.2) is 0 Å². The van der Waals surface area contributed by atoms with Crippen molar-refractivity contribution >= 4 is 67.1 Å². The fraction of sp³-hybridized carbons (Fsp3) is 0.412. The minimum absolute atomic E-state index is 0.992. The molecule has 0 spiro atoms. The SMILES string of the molecule is CCCCCCc1cc(-c2sc(-c3ccc4c(c3)c3ccccc3n4CC)cc2CCCCCC)sc1I. The highest BCUT2D eigenvalue weighted by atomic mass is 127. The first kappa shape index (κ1) is 27.9. The highest BCUT2D eigenvalue weighted by Crippen LogP contribution is 2.44. The molecular formula is C34H40INS2. The van der Waals surface area contributed by atoms with Crippen molar-refractivity contribution in [3.63, 3.8) is 0 Å². The number of para-hydroxylation sites is 1. The summed E-state index contributed by atoms with van der Waals surface area (Å²) in [5, 5.41) is 2.74. The molecule has 0 aliphatic carbocycles. The number of aryl methyl sites for hydroxylation is 3.